The van der Waals surface area contributed by atoms with Crippen molar-refractivity contribution in [2.75, 3.05) is 5.32 Å². The Kier molecular flexibility index (Phi) is 3.94. The number of nitrogens with zero attached hydrogens (tertiary/aromatic N) is 3. The molecule has 26 heavy (non-hydrogen) atoms. The molecule has 1 aromatic heterocycles. The van der Waals surface area contributed by atoms with Crippen LogP contribution < -0.4 is 5.32 Å². The highest BCUT2D eigenvalue weighted by Gasteiger charge is 2.34. The van der Waals surface area contributed by atoms with Crippen molar-refractivity contribution in [3.05, 3.63) is 77.1 Å². The second-order valence-corrected chi connectivity index (χ2v) is 6.51. The van der Waals surface area contributed by atoms with Gasteiger partial charge in [0.05, 0.1) is 17.6 Å². The Morgan fingerprint density at radius 2 is 1.85 bits per heavy atom. The Morgan fingerprint density at radius 3 is 2.58 bits per heavy atom. The summed E-state index contributed by atoms with van der Waals surface area (Å²) >= 11 is 0. The van der Waals surface area contributed by atoms with Crippen molar-refractivity contribution in [1.29, 1.82) is 0 Å². The van der Waals surface area contributed by atoms with E-state index in [1.54, 1.807) is 10.7 Å². The standard InChI is InChI=1S/C19H17F3N4/c1-12-5-7-13(8-6-12)16-10-17(26-18(25-16)23-11-24-26)14-3-2-4-15(9-14)19(20,21)22/h2-9,11,16-17H,10H2,1H3,(H,23,24,25)/t16-,17-/m0/s1. The molecule has 4 nitrogen and oxygen atoms in total. The molecule has 0 aliphatic carbocycles. The summed E-state index contributed by atoms with van der Waals surface area (Å²) in [6.07, 6.45) is -2.37. The highest BCUT2D eigenvalue weighted by molar-refractivity contribution is 5.39. The number of halogens is 3. The van der Waals surface area contributed by atoms with E-state index in [2.05, 4.69) is 15.4 Å². The highest BCUT2D eigenvalue weighted by atomic mass is 19.4. The van der Waals surface area contributed by atoms with Crippen molar-refractivity contribution in [2.45, 2.75) is 31.6 Å². The molecule has 0 unspecified atom stereocenters. The molecule has 1 aliphatic rings. The lowest BCUT2D eigenvalue weighted by molar-refractivity contribution is -0.137. The Morgan fingerprint density at radius 1 is 1.08 bits per heavy atom. The number of aryl methyl sites for hydroxylation is 1. The highest BCUT2D eigenvalue weighted by Crippen LogP contribution is 2.39. The minimum atomic E-state index is -4.37. The Balaban J connectivity index is 1.73. The molecule has 1 aliphatic heterocycles. The zero-order valence-corrected chi connectivity index (χ0v) is 14.0. The fourth-order valence-corrected chi connectivity index (χ4v) is 3.34. The van der Waals surface area contributed by atoms with E-state index in [0.29, 0.717) is 17.9 Å². The lowest BCUT2D eigenvalue weighted by Gasteiger charge is -2.32. The van der Waals surface area contributed by atoms with Gasteiger partial charge in [0.25, 0.3) is 0 Å². The van der Waals surface area contributed by atoms with E-state index in [4.69, 9.17) is 0 Å². The summed E-state index contributed by atoms with van der Waals surface area (Å²) in [5, 5.41) is 7.53. The summed E-state index contributed by atoms with van der Waals surface area (Å²) in [6, 6.07) is 13.2. The average molecular weight is 358 g/mol. The molecule has 4 rings (SSSR count). The molecule has 0 spiro atoms. The third-order valence-electron chi connectivity index (χ3n) is 4.71. The first-order chi connectivity index (χ1) is 12.4. The fourth-order valence-electron chi connectivity index (χ4n) is 3.34. The summed E-state index contributed by atoms with van der Waals surface area (Å²) in [5.74, 6) is 0.559. The molecule has 1 N–H and O–H groups in total. The second kappa shape index (κ2) is 6.16. The van der Waals surface area contributed by atoms with Crippen molar-refractivity contribution in [1.82, 2.24) is 14.8 Å². The minimum absolute atomic E-state index is 0.0492. The number of anilines is 1. The molecular weight excluding hydrogens is 341 g/mol. The largest absolute Gasteiger partial charge is 0.416 e. The fraction of sp³-hybridized carbons (Fsp3) is 0.263. The van der Waals surface area contributed by atoms with Gasteiger partial charge in [-0.25, -0.2) is 4.68 Å². The van der Waals surface area contributed by atoms with Gasteiger partial charge >= 0.3 is 6.18 Å². The van der Waals surface area contributed by atoms with Gasteiger partial charge in [-0.15, -0.1) is 0 Å². The molecule has 134 valence electrons. The van der Waals surface area contributed by atoms with E-state index in [9.17, 15) is 13.2 Å². The number of aromatic nitrogens is 3. The molecule has 2 atom stereocenters. The van der Waals surface area contributed by atoms with Crippen LogP contribution >= 0.6 is 0 Å². The number of hydrogen-bond donors (Lipinski definition) is 1. The SMILES string of the molecule is Cc1ccc([C@@H]2C[C@@H](c3cccc(C(F)(F)F)c3)n3ncnc3N2)cc1. The van der Waals surface area contributed by atoms with Crippen LogP contribution in [-0.2, 0) is 6.18 Å². The number of nitrogens with one attached hydrogen (secondary N) is 1. The molecule has 2 heterocycles. The van der Waals surface area contributed by atoms with Crippen LogP contribution in [0.15, 0.2) is 54.9 Å². The summed E-state index contributed by atoms with van der Waals surface area (Å²) in [7, 11) is 0. The number of hydrogen-bond acceptors (Lipinski definition) is 3. The van der Waals surface area contributed by atoms with Crippen LogP contribution in [0.2, 0.25) is 0 Å². The number of alkyl halides is 3. The quantitative estimate of drug-likeness (QED) is 0.719. The molecule has 0 saturated heterocycles. The maximum absolute atomic E-state index is 13.1. The van der Waals surface area contributed by atoms with E-state index in [1.165, 1.54) is 18.5 Å². The van der Waals surface area contributed by atoms with Crippen LogP contribution in [0.4, 0.5) is 19.1 Å². The van der Waals surface area contributed by atoms with E-state index in [-0.39, 0.29) is 12.1 Å². The van der Waals surface area contributed by atoms with Crippen LogP contribution in [-0.4, -0.2) is 14.8 Å². The molecule has 0 bridgehead atoms. The maximum atomic E-state index is 13.1. The lowest BCUT2D eigenvalue weighted by atomic mass is 9.92. The van der Waals surface area contributed by atoms with Crippen LogP contribution in [0.25, 0.3) is 0 Å². The normalized spacial score (nSPS) is 19.7. The molecule has 7 heteroatoms. The second-order valence-electron chi connectivity index (χ2n) is 6.51. The summed E-state index contributed by atoms with van der Waals surface area (Å²) in [5.41, 5.74) is 2.15. The average Bonchev–Trinajstić information content (AvgIpc) is 3.09. The van der Waals surface area contributed by atoms with Crippen LogP contribution in [0.3, 0.4) is 0 Å². The first-order valence-corrected chi connectivity index (χ1v) is 8.31. The zero-order chi connectivity index (χ0) is 18.3. The van der Waals surface area contributed by atoms with Gasteiger partial charge in [0.2, 0.25) is 5.95 Å². The molecular formula is C19H17F3N4. The zero-order valence-electron chi connectivity index (χ0n) is 14.0. The number of rotatable bonds is 2. The van der Waals surface area contributed by atoms with Gasteiger partial charge < -0.3 is 5.32 Å². The van der Waals surface area contributed by atoms with E-state index in [1.807, 2.05) is 31.2 Å². The van der Waals surface area contributed by atoms with Crippen molar-refractivity contribution < 1.29 is 13.2 Å². The molecule has 0 amide bonds. The molecule has 3 aromatic rings. The Hall–Kier alpha value is -2.83. The number of fused-ring (bicyclic) bond motifs is 1. The van der Waals surface area contributed by atoms with Crippen molar-refractivity contribution in [2.24, 2.45) is 0 Å². The summed E-state index contributed by atoms with van der Waals surface area (Å²) < 4.78 is 41.0. The summed E-state index contributed by atoms with van der Waals surface area (Å²) in [6.45, 7) is 2.01. The van der Waals surface area contributed by atoms with Gasteiger partial charge in [0.15, 0.2) is 0 Å². The smallest absolute Gasteiger partial charge is 0.348 e. The molecule has 0 radical (unpaired) electrons. The maximum Gasteiger partial charge on any atom is 0.416 e. The van der Waals surface area contributed by atoms with Crippen molar-refractivity contribution in [3.8, 4) is 0 Å². The minimum Gasteiger partial charge on any atom is -0.348 e. The van der Waals surface area contributed by atoms with Gasteiger partial charge in [-0.05, 0) is 36.6 Å². The molecule has 2 aromatic carbocycles. The number of benzene rings is 2. The monoisotopic (exact) mass is 358 g/mol. The van der Waals surface area contributed by atoms with Crippen LogP contribution in [0.5, 0.6) is 0 Å². The van der Waals surface area contributed by atoms with Gasteiger partial charge in [-0.3, -0.25) is 0 Å². The third-order valence-corrected chi connectivity index (χ3v) is 4.71. The predicted molar refractivity (Wildman–Crippen MR) is 91.8 cm³/mol. The van der Waals surface area contributed by atoms with Crippen molar-refractivity contribution >= 4 is 5.95 Å². The van der Waals surface area contributed by atoms with E-state index in [0.717, 1.165) is 17.2 Å². The van der Waals surface area contributed by atoms with Crippen molar-refractivity contribution in [3.63, 3.8) is 0 Å². The van der Waals surface area contributed by atoms with Gasteiger partial charge in [0, 0.05) is 0 Å². The molecule has 0 fully saturated rings. The van der Waals surface area contributed by atoms with E-state index < -0.39 is 11.7 Å². The van der Waals surface area contributed by atoms with Gasteiger partial charge in [-0.2, -0.15) is 23.3 Å². The topological polar surface area (TPSA) is 42.7 Å². The Labute approximate surface area is 148 Å². The summed E-state index contributed by atoms with van der Waals surface area (Å²) in [4.78, 5) is 4.22. The third kappa shape index (κ3) is 3.05. The van der Waals surface area contributed by atoms with E-state index >= 15 is 0 Å². The van der Waals surface area contributed by atoms with Gasteiger partial charge in [-0.1, -0.05) is 42.0 Å². The first-order valence-electron chi connectivity index (χ1n) is 8.31. The lowest BCUT2D eigenvalue weighted by Crippen LogP contribution is -2.28. The molecule has 0 saturated carbocycles. The van der Waals surface area contributed by atoms with Crippen LogP contribution in [0, 0.1) is 6.92 Å². The predicted octanol–water partition coefficient (Wildman–Crippen LogP) is 4.75. The first kappa shape index (κ1) is 16.6. The van der Waals surface area contributed by atoms with Gasteiger partial charge in [0.1, 0.15) is 6.33 Å². The Bertz CT molecular complexity index is 915. The van der Waals surface area contributed by atoms with Crippen LogP contribution in [0.1, 0.15) is 40.8 Å².